The summed E-state index contributed by atoms with van der Waals surface area (Å²) in [5.41, 5.74) is 3.09. The van der Waals surface area contributed by atoms with Crippen LogP contribution in [-0.4, -0.2) is 27.2 Å². The third-order valence-corrected chi connectivity index (χ3v) is 4.19. The highest BCUT2D eigenvalue weighted by molar-refractivity contribution is 5.89. The van der Waals surface area contributed by atoms with Crippen LogP contribution in [0, 0.1) is 13.8 Å². The number of hydrogen-bond acceptors (Lipinski definition) is 4. The predicted molar refractivity (Wildman–Crippen MR) is 96.8 cm³/mol. The minimum absolute atomic E-state index is 0.339. The third-order valence-electron chi connectivity index (χ3n) is 4.19. The molecule has 0 aliphatic carbocycles. The van der Waals surface area contributed by atoms with Crippen LogP contribution >= 0.6 is 0 Å². The van der Waals surface area contributed by atoms with Gasteiger partial charge in [0.25, 0.3) is 0 Å². The topological polar surface area (TPSA) is 77.5 Å². The van der Waals surface area contributed by atoms with Gasteiger partial charge in [-0.05, 0) is 36.6 Å². The summed E-state index contributed by atoms with van der Waals surface area (Å²) in [4.78, 5) is 15.6. The lowest BCUT2D eigenvalue weighted by atomic mass is 10.0. The minimum Gasteiger partial charge on any atom is -0.493 e. The number of hydrogen-bond donors (Lipinski definition) is 1. The number of ether oxygens (including phenoxy) is 1. The fourth-order valence-corrected chi connectivity index (χ4v) is 2.97. The number of aromatic nitrogens is 2. The number of aromatic carboxylic acids is 1. The Labute approximate surface area is 152 Å². The summed E-state index contributed by atoms with van der Waals surface area (Å²) in [6.07, 6.45) is 4.73. The van der Waals surface area contributed by atoms with E-state index in [1.165, 1.54) is 0 Å². The molecule has 3 rings (SSSR count). The maximum absolute atomic E-state index is 11.3. The molecule has 0 aliphatic heterocycles. The van der Waals surface area contributed by atoms with Gasteiger partial charge in [0.1, 0.15) is 11.5 Å². The van der Waals surface area contributed by atoms with Gasteiger partial charge in [-0.15, -0.1) is 0 Å². The van der Waals surface area contributed by atoms with Gasteiger partial charge in [-0.1, -0.05) is 12.1 Å². The van der Waals surface area contributed by atoms with E-state index in [2.05, 4.69) is 4.98 Å². The standard InChI is InChI=1S/C20H22N2O4/c1-13-19(21-14(2)26-13)8-9-25-17-6-4-15(5-7-17)10-16-11-22(3)12-18(16)20(23)24/h4-7,11-12H,8-10H2,1-3H3,(H,23,24). The van der Waals surface area contributed by atoms with E-state index < -0.39 is 5.97 Å². The lowest BCUT2D eigenvalue weighted by Crippen LogP contribution is -2.03. The highest BCUT2D eigenvalue weighted by Crippen LogP contribution is 2.19. The zero-order valence-electron chi connectivity index (χ0n) is 15.2. The maximum Gasteiger partial charge on any atom is 0.337 e. The molecule has 6 nitrogen and oxygen atoms in total. The summed E-state index contributed by atoms with van der Waals surface area (Å²) in [7, 11) is 1.82. The molecule has 1 aromatic carbocycles. The van der Waals surface area contributed by atoms with Crippen LogP contribution in [-0.2, 0) is 19.9 Å². The Hall–Kier alpha value is -3.02. The highest BCUT2D eigenvalue weighted by Gasteiger charge is 2.13. The van der Waals surface area contributed by atoms with Crippen LogP contribution in [0.15, 0.2) is 41.1 Å². The number of benzene rings is 1. The van der Waals surface area contributed by atoms with Crippen LogP contribution in [0.1, 0.15) is 38.8 Å². The number of aryl methyl sites for hydroxylation is 3. The van der Waals surface area contributed by atoms with E-state index in [4.69, 9.17) is 9.15 Å². The Balaban J connectivity index is 1.58. The molecule has 136 valence electrons. The second-order valence-electron chi connectivity index (χ2n) is 6.32. The molecule has 2 aromatic heterocycles. The van der Waals surface area contributed by atoms with Crippen molar-refractivity contribution in [2.24, 2.45) is 7.05 Å². The van der Waals surface area contributed by atoms with E-state index in [-0.39, 0.29) is 0 Å². The van der Waals surface area contributed by atoms with Gasteiger partial charge in [-0.3, -0.25) is 0 Å². The van der Waals surface area contributed by atoms with Crippen LogP contribution in [0.4, 0.5) is 0 Å². The van der Waals surface area contributed by atoms with Gasteiger partial charge in [0.05, 0.1) is 17.9 Å². The van der Waals surface area contributed by atoms with Crippen molar-refractivity contribution >= 4 is 5.97 Å². The summed E-state index contributed by atoms with van der Waals surface area (Å²) in [5.74, 6) is 1.37. The summed E-state index contributed by atoms with van der Waals surface area (Å²) >= 11 is 0. The molecule has 0 atom stereocenters. The average Bonchev–Trinajstić information content (AvgIpc) is 3.11. The Morgan fingerprint density at radius 2 is 1.96 bits per heavy atom. The highest BCUT2D eigenvalue weighted by atomic mass is 16.5. The minimum atomic E-state index is -0.904. The van der Waals surface area contributed by atoms with Crippen LogP contribution < -0.4 is 4.74 Å². The van der Waals surface area contributed by atoms with Crippen LogP contribution in [0.5, 0.6) is 5.75 Å². The molecule has 0 fully saturated rings. The van der Waals surface area contributed by atoms with Crippen molar-refractivity contribution in [3.63, 3.8) is 0 Å². The maximum atomic E-state index is 11.3. The van der Waals surface area contributed by atoms with Crippen molar-refractivity contribution < 1.29 is 19.1 Å². The van der Waals surface area contributed by atoms with Gasteiger partial charge < -0.3 is 18.8 Å². The van der Waals surface area contributed by atoms with Gasteiger partial charge in [0, 0.05) is 32.8 Å². The first-order chi connectivity index (χ1) is 12.4. The Morgan fingerprint density at radius 3 is 2.58 bits per heavy atom. The van der Waals surface area contributed by atoms with Gasteiger partial charge in [0.15, 0.2) is 5.89 Å². The zero-order chi connectivity index (χ0) is 18.7. The number of rotatable bonds is 7. The molecule has 2 heterocycles. The van der Waals surface area contributed by atoms with Crippen molar-refractivity contribution in [1.29, 1.82) is 0 Å². The van der Waals surface area contributed by atoms with E-state index in [0.29, 0.717) is 30.9 Å². The second kappa shape index (κ2) is 7.47. The van der Waals surface area contributed by atoms with Crippen molar-refractivity contribution in [2.75, 3.05) is 6.61 Å². The van der Waals surface area contributed by atoms with E-state index in [9.17, 15) is 9.90 Å². The summed E-state index contributed by atoms with van der Waals surface area (Å²) in [6, 6.07) is 7.72. The van der Waals surface area contributed by atoms with Crippen molar-refractivity contribution in [3.05, 3.63) is 70.7 Å². The smallest absolute Gasteiger partial charge is 0.337 e. The number of oxazole rings is 1. The van der Waals surface area contributed by atoms with Crippen molar-refractivity contribution in [1.82, 2.24) is 9.55 Å². The average molecular weight is 354 g/mol. The number of nitrogens with zero attached hydrogens (tertiary/aromatic N) is 2. The van der Waals surface area contributed by atoms with Crippen LogP contribution in [0.3, 0.4) is 0 Å². The first-order valence-electron chi connectivity index (χ1n) is 8.45. The molecule has 0 spiro atoms. The normalized spacial score (nSPS) is 10.9. The predicted octanol–water partition coefficient (Wildman–Crippen LogP) is 3.54. The molecule has 0 radical (unpaired) electrons. The lowest BCUT2D eigenvalue weighted by Gasteiger charge is -2.07. The summed E-state index contributed by atoms with van der Waals surface area (Å²) in [5, 5.41) is 9.27. The largest absolute Gasteiger partial charge is 0.493 e. The van der Waals surface area contributed by atoms with Gasteiger partial charge >= 0.3 is 5.97 Å². The zero-order valence-corrected chi connectivity index (χ0v) is 15.2. The van der Waals surface area contributed by atoms with Crippen LogP contribution in [0.25, 0.3) is 0 Å². The quantitative estimate of drug-likeness (QED) is 0.702. The van der Waals surface area contributed by atoms with Crippen LogP contribution in [0.2, 0.25) is 0 Å². The van der Waals surface area contributed by atoms with E-state index >= 15 is 0 Å². The fourth-order valence-electron chi connectivity index (χ4n) is 2.97. The Morgan fingerprint density at radius 1 is 1.23 bits per heavy atom. The molecule has 3 aromatic rings. The molecule has 6 heteroatoms. The first kappa shape index (κ1) is 17.8. The van der Waals surface area contributed by atoms with Crippen molar-refractivity contribution in [2.45, 2.75) is 26.7 Å². The number of carbonyl (C=O) groups is 1. The molecule has 0 saturated carbocycles. The molecule has 0 unspecified atom stereocenters. The first-order valence-corrected chi connectivity index (χ1v) is 8.45. The Kier molecular flexibility index (Phi) is 5.11. The second-order valence-corrected chi connectivity index (χ2v) is 6.32. The SMILES string of the molecule is Cc1nc(CCOc2ccc(Cc3cn(C)cc3C(=O)O)cc2)c(C)o1. The summed E-state index contributed by atoms with van der Waals surface area (Å²) in [6.45, 7) is 4.26. The molecule has 0 bridgehead atoms. The van der Waals surface area contributed by atoms with Crippen molar-refractivity contribution in [3.8, 4) is 5.75 Å². The molecule has 1 N–H and O–H groups in total. The van der Waals surface area contributed by atoms with Gasteiger partial charge in [0.2, 0.25) is 0 Å². The molecule has 0 aliphatic rings. The summed E-state index contributed by atoms with van der Waals surface area (Å²) < 4.78 is 12.9. The molecular formula is C20H22N2O4. The Bertz CT molecular complexity index is 907. The monoisotopic (exact) mass is 354 g/mol. The number of carboxylic acids is 1. The molecule has 0 saturated heterocycles. The molecule has 0 amide bonds. The van der Waals surface area contributed by atoms with Gasteiger partial charge in [-0.2, -0.15) is 0 Å². The molecular weight excluding hydrogens is 332 g/mol. The molecule has 26 heavy (non-hydrogen) atoms. The van der Waals surface area contributed by atoms with E-state index in [0.717, 1.165) is 28.3 Å². The lowest BCUT2D eigenvalue weighted by molar-refractivity contribution is 0.0696. The van der Waals surface area contributed by atoms with E-state index in [1.54, 1.807) is 10.8 Å². The fraction of sp³-hybridized carbons (Fsp3) is 0.300. The number of carboxylic acid groups (broad SMARTS) is 1. The third kappa shape index (κ3) is 4.14. The van der Waals surface area contributed by atoms with E-state index in [1.807, 2.05) is 51.4 Å². The van der Waals surface area contributed by atoms with Gasteiger partial charge in [-0.25, -0.2) is 9.78 Å².